The Morgan fingerprint density at radius 2 is 0.500 bits per heavy atom. The first-order valence-corrected chi connectivity index (χ1v) is 38.7. The number of hydrogen-bond acceptors (Lipinski definition) is 2. The summed E-state index contributed by atoms with van der Waals surface area (Å²) in [7, 11) is 0. The molecule has 2 aliphatic carbocycles. The van der Waals surface area contributed by atoms with Crippen molar-refractivity contribution >= 4 is 43.6 Å². The van der Waals surface area contributed by atoms with Gasteiger partial charge in [0, 0.05) is 38.4 Å². The molecule has 3 heterocycles. The summed E-state index contributed by atoms with van der Waals surface area (Å²) < 4.78 is 4.72. The van der Waals surface area contributed by atoms with Crippen LogP contribution in [0.15, 0.2) is 425 Å². The predicted octanol–water partition coefficient (Wildman–Crippen LogP) is 27.1. The average molecular weight is 1420 g/mol. The smallest absolute Gasteiger partial charge is 0.235 e. The molecule has 3 aromatic heterocycles. The first kappa shape index (κ1) is 64.6. The Bertz CT molecular complexity index is 6960. The van der Waals surface area contributed by atoms with Gasteiger partial charge in [-0.2, -0.15) is 0 Å². The van der Waals surface area contributed by atoms with E-state index in [-0.39, 0.29) is 0 Å². The Morgan fingerprint density at radius 1 is 0.179 bits per heavy atom. The highest BCUT2D eigenvalue weighted by Gasteiger charge is 2.48. The molecule has 0 fully saturated rings. The number of fused-ring (bicyclic) bond motifs is 12. The fourth-order valence-electron chi connectivity index (χ4n) is 18.9. The third-order valence-electron chi connectivity index (χ3n) is 23.9. The Morgan fingerprint density at radius 3 is 0.982 bits per heavy atom. The lowest BCUT2D eigenvalue weighted by atomic mass is 9.67. The Hall–Kier alpha value is -14.6. The van der Waals surface area contributed by atoms with Gasteiger partial charge in [-0.25, -0.2) is 9.97 Å². The zero-order valence-electron chi connectivity index (χ0n) is 61.2. The fourth-order valence-corrected chi connectivity index (χ4v) is 18.9. The van der Waals surface area contributed by atoms with Gasteiger partial charge in [-0.05, 0) is 213 Å². The highest BCUT2D eigenvalue weighted by Crippen LogP contribution is 2.59. The van der Waals surface area contributed by atoms with Gasteiger partial charge in [-0.1, -0.05) is 334 Å². The van der Waals surface area contributed by atoms with Crippen LogP contribution in [0.5, 0.6) is 0 Å². The first-order chi connectivity index (χ1) is 55.5. The van der Waals surface area contributed by atoms with Gasteiger partial charge in [0.15, 0.2) is 0 Å². The number of benzene rings is 17. The van der Waals surface area contributed by atoms with Crippen molar-refractivity contribution < 1.29 is 0 Å². The maximum absolute atomic E-state index is 5.78. The minimum atomic E-state index is -0.533. The van der Waals surface area contributed by atoms with E-state index in [9.17, 15) is 0 Å². The highest BCUT2D eigenvalue weighted by molar-refractivity contribution is 6.12. The van der Waals surface area contributed by atoms with Crippen molar-refractivity contribution in [3.05, 3.63) is 469 Å². The summed E-state index contributed by atoms with van der Waals surface area (Å²) in [6, 6.07) is 157. The van der Waals surface area contributed by atoms with Crippen LogP contribution in [0.2, 0.25) is 0 Å². The molecule has 0 atom stereocenters. The highest BCUT2D eigenvalue weighted by atomic mass is 15.2. The van der Waals surface area contributed by atoms with Gasteiger partial charge in [0.1, 0.15) is 0 Å². The summed E-state index contributed by atoms with van der Waals surface area (Å²) >= 11 is 0. The van der Waals surface area contributed by atoms with Crippen molar-refractivity contribution in [2.24, 2.45) is 0 Å². The molecule has 4 nitrogen and oxygen atoms in total. The third-order valence-corrected chi connectivity index (χ3v) is 23.9. The molecule has 0 amide bonds. The standard InChI is InChI=1S/C108H70N4/c1-7-29-71(30-8-1)80-62-81(72-31-9-2-10-32-72)64-82(63-80)73-33-27-34-78(61-73)100-70-101(110-106(109-100)112-103-52-26-22-48-93(103)95-67-75(56-60-105(95)112)77-54-58-91-89-46-20-24-50-97(89)108(99(91)69-77,85-40-15-5-16-41-85)86-42-17-6-18-43-86)79-35-28-44-87(65-79)111-102-51-25-21-47-92(102)94-66-74(55-59-104(94)111)76-53-57-90-88-45-19-23-49-96(88)107(98(90)68-76,83-36-11-3-12-37-83)84-38-13-4-14-39-84/h1-70H. The summed E-state index contributed by atoms with van der Waals surface area (Å²) in [6.07, 6.45) is 0. The maximum Gasteiger partial charge on any atom is 0.235 e. The summed E-state index contributed by atoms with van der Waals surface area (Å²) in [5.41, 5.74) is 34.5. The van der Waals surface area contributed by atoms with Crippen LogP contribution in [0.3, 0.4) is 0 Å². The molecule has 0 aliphatic heterocycles. The Balaban J connectivity index is 0.701. The minimum Gasteiger partial charge on any atom is -0.309 e. The van der Waals surface area contributed by atoms with E-state index in [1.807, 2.05) is 0 Å². The Kier molecular flexibility index (Phi) is 15.0. The molecule has 20 aromatic rings. The van der Waals surface area contributed by atoms with E-state index < -0.39 is 10.8 Å². The van der Waals surface area contributed by atoms with Crippen LogP contribution in [-0.2, 0) is 10.8 Å². The number of rotatable bonds is 13. The molecule has 0 saturated carbocycles. The first-order valence-electron chi connectivity index (χ1n) is 38.7. The second-order valence-corrected chi connectivity index (χ2v) is 29.8. The Labute approximate surface area is 650 Å². The largest absolute Gasteiger partial charge is 0.309 e. The van der Waals surface area contributed by atoms with E-state index in [0.717, 1.165) is 111 Å². The van der Waals surface area contributed by atoms with Crippen molar-refractivity contribution in [1.29, 1.82) is 0 Å². The second kappa shape index (κ2) is 26.1. The van der Waals surface area contributed by atoms with Crippen LogP contribution in [0.4, 0.5) is 0 Å². The molecular formula is C108H70N4. The van der Waals surface area contributed by atoms with E-state index >= 15 is 0 Å². The zero-order valence-corrected chi connectivity index (χ0v) is 61.2. The quantitative estimate of drug-likeness (QED) is 0.115. The molecule has 0 spiro atoms. The molecule has 0 radical (unpaired) electrons. The van der Waals surface area contributed by atoms with E-state index in [1.54, 1.807) is 0 Å². The molecule has 0 bridgehead atoms. The fraction of sp³-hybridized carbons (Fsp3) is 0.0185. The van der Waals surface area contributed by atoms with Crippen LogP contribution in [0.1, 0.15) is 44.5 Å². The molecule has 522 valence electrons. The number of nitrogens with zero attached hydrogens (tertiary/aromatic N) is 4. The van der Waals surface area contributed by atoms with E-state index in [0.29, 0.717) is 5.95 Å². The molecule has 4 heteroatoms. The molecule has 22 rings (SSSR count). The van der Waals surface area contributed by atoms with Gasteiger partial charge < -0.3 is 4.57 Å². The van der Waals surface area contributed by atoms with E-state index in [4.69, 9.17) is 9.97 Å². The minimum absolute atomic E-state index is 0.513. The summed E-state index contributed by atoms with van der Waals surface area (Å²) in [6.45, 7) is 0. The van der Waals surface area contributed by atoms with Gasteiger partial charge in [0.25, 0.3) is 0 Å². The van der Waals surface area contributed by atoms with Crippen LogP contribution < -0.4 is 0 Å². The molecule has 0 N–H and O–H groups in total. The normalized spacial score (nSPS) is 13.0. The average Bonchev–Trinajstić information content (AvgIpc) is 1.54. The molecule has 2 aliphatic rings. The van der Waals surface area contributed by atoms with Crippen LogP contribution in [0, 0.1) is 0 Å². The van der Waals surface area contributed by atoms with Gasteiger partial charge in [0.05, 0.1) is 44.3 Å². The lowest BCUT2D eigenvalue weighted by molar-refractivity contribution is 0.769. The third kappa shape index (κ3) is 10.2. The summed E-state index contributed by atoms with van der Waals surface area (Å²) in [5, 5.41) is 4.60. The van der Waals surface area contributed by atoms with Crippen molar-refractivity contribution in [3.63, 3.8) is 0 Å². The number of aromatic nitrogens is 4. The van der Waals surface area contributed by atoms with Crippen molar-refractivity contribution in [3.8, 4) is 112 Å². The predicted molar refractivity (Wildman–Crippen MR) is 463 cm³/mol. The lowest BCUT2D eigenvalue weighted by Gasteiger charge is -2.34. The molecular weight excluding hydrogens is 1350 g/mol. The summed E-state index contributed by atoms with van der Waals surface area (Å²) in [5.74, 6) is 0.579. The number of hydrogen-bond donors (Lipinski definition) is 0. The van der Waals surface area contributed by atoms with Gasteiger partial charge in [-0.15, -0.1) is 0 Å². The SMILES string of the molecule is c1ccc(-c2cc(-c3ccccc3)cc(-c3cccc(-c4cc(-c5cccc(-n6c7ccccc7c7cc(-c8ccc9c(c8)C(c8ccccc8)(c8ccccc8)c8ccccc8-9)ccc76)c5)nc(-n5c6ccccc6c6cc(-c7ccc8c(c7)C(c7ccccc7)(c7ccccc7)c7ccccc7-8)ccc65)n4)c3)c2)cc1. The van der Waals surface area contributed by atoms with Crippen molar-refractivity contribution in [2.45, 2.75) is 10.8 Å². The van der Waals surface area contributed by atoms with Crippen LogP contribution in [-0.4, -0.2) is 19.1 Å². The zero-order chi connectivity index (χ0) is 73.9. The van der Waals surface area contributed by atoms with Crippen LogP contribution >= 0.6 is 0 Å². The molecule has 17 aromatic carbocycles. The van der Waals surface area contributed by atoms with Gasteiger partial charge in [0.2, 0.25) is 5.95 Å². The lowest BCUT2D eigenvalue weighted by Crippen LogP contribution is -2.28. The van der Waals surface area contributed by atoms with Gasteiger partial charge in [-0.3, -0.25) is 4.57 Å². The van der Waals surface area contributed by atoms with E-state index in [2.05, 4.69) is 434 Å². The summed E-state index contributed by atoms with van der Waals surface area (Å²) in [4.78, 5) is 11.5. The van der Waals surface area contributed by atoms with Gasteiger partial charge >= 0.3 is 0 Å². The topological polar surface area (TPSA) is 35.6 Å². The van der Waals surface area contributed by atoms with Crippen molar-refractivity contribution in [2.75, 3.05) is 0 Å². The molecule has 0 saturated heterocycles. The monoisotopic (exact) mass is 1420 g/mol. The van der Waals surface area contributed by atoms with Crippen LogP contribution in [0.25, 0.3) is 156 Å². The maximum atomic E-state index is 5.78. The van der Waals surface area contributed by atoms with Crippen molar-refractivity contribution in [1.82, 2.24) is 19.1 Å². The van der Waals surface area contributed by atoms with E-state index in [1.165, 1.54) is 83.1 Å². The molecule has 112 heavy (non-hydrogen) atoms. The second-order valence-electron chi connectivity index (χ2n) is 29.8. The molecule has 0 unspecified atom stereocenters. The number of para-hydroxylation sites is 2.